The molecule has 3 fully saturated rings. The zero-order chi connectivity index (χ0) is 24.2. The maximum Gasteiger partial charge on any atom is 0.167 e. The average Bonchev–Trinajstić information content (AvgIpc) is 3.57. The monoisotopic (exact) mass is 483 g/mol. The molecule has 0 amide bonds. The third-order valence-electron chi connectivity index (χ3n) is 6.78. The van der Waals surface area contributed by atoms with Crippen molar-refractivity contribution in [3.05, 3.63) is 54.4 Å². The molecule has 10 heteroatoms. The van der Waals surface area contributed by atoms with E-state index in [-0.39, 0.29) is 11.9 Å². The predicted molar refractivity (Wildman–Crippen MR) is 125 cm³/mol. The smallest absolute Gasteiger partial charge is 0.167 e. The lowest BCUT2D eigenvalue weighted by Gasteiger charge is -2.24. The van der Waals surface area contributed by atoms with E-state index < -0.39 is 36.5 Å². The normalized spacial score (nSPS) is 32.0. The first kappa shape index (κ1) is 22.5. The predicted octanol–water partition coefficient (Wildman–Crippen LogP) is 4.40. The molecule has 2 aliphatic heterocycles. The summed E-state index contributed by atoms with van der Waals surface area (Å²) in [6, 6.07) is 6.57. The summed E-state index contributed by atoms with van der Waals surface area (Å²) in [5, 5.41) is 3.32. The molecule has 8 nitrogen and oxygen atoms in total. The van der Waals surface area contributed by atoms with Crippen LogP contribution in [0.25, 0.3) is 17.2 Å². The van der Waals surface area contributed by atoms with Crippen molar-refractivity contribution in [3.8, 4) is 0 Å². The molecule has 35 heavy (non-hydrogen) atoms. The molecule has 0 bridgehead atoms. The van der Waals surface area contributed by atoms with Crippen LogP contribution in [0.4, 0.5) is 14.6 Å². The van der Waals surface area contributed by atoms with Crippen LogP contribution in [0.1, 0.15) is 44.9 Å². The van der Waals surface area contributed by atoms with Gasteiger partial charge in [0.1, 0.15) is 36.6 Å². The van der Waals surface area contributed by atoms with Crippen LogP contribution in [-0.2, 0) is 14.2 Å². The van der Waals surface area contributed by atoms with Gasteiger partial charge in [-0.15, -0.1) is 0 Å². The minimum absolute atomic E-state index is 0.0145. The fourth-order valence-corrected chi connectivity index (χ4v) is 5.19. The highest BCUT2D eigenvalue weighted by molar-refractivity contribution is 5.82. The Kier molecular flexibility index (Phi) is 5.54. The van der Waals surface area contributed by atoms with Crippen molar-refractivity contribution >= 4 is 23.1 Å². The molecule has 1 aromatic carbocycles. The number of fused-ring (bicyclic) bond motifs is 2. The topological polar surface area (TPSA) is 83.3 Å². The second-order valence-electron chi connectivity index (χ2n) is 9.73. The van der Waals surface area contributed by atoms with Crippen molar-refractivity contribution in [3.63, 3.8) is 0 Å². The molecule has 2 unspecified atom stereocenters. The summed E-state index contributed by atoms with van der Waals surface area (Å²) >= 11 is 0. The van der Waals surface area contributed by atoms with Crippen LogP contribution in [0, 0.1) is 5.82 Å². The van der Waals surface area contributed by atoms with Crippen molar-refractivity contribution in [1.29, 1.82) is 0 Å². The summed E-state index contributed by atoms with van der Waals surface area (Å²) < 4.78 is 48.3. The zero-order valence-corrected chi connectivity index (χ0v) is 19.5. The number of hydrogen-bond acceptors (Lipinski definition) is 7. The molecule has 3 aliphatic rings. The Labute approximate surface area is 201 Å². The van der Waals surface area contributed by atoms with Crippen molar-refractivity contribution in [2.75, 3.05) is 5.32 Å². The van der Waals surface area contributed by atoms with Gasteiger partial charge in [-0.25, -0.2) is 23.7 Å². The van der Waals surface area contributed by atoms with Gasteiger partial charge in [0.25, 0.3) is 0 Å². The third kappa shape index (κ3) is 4.19. The fraction of sp³-hybridized carbons (Fsp3) is 0.480. The first-order valence-corrected chi connectivity index (χ1v) is 11.9. The molecule has 3 aromatic rings. The van der Waals surface area contributed by atoms with E-state index in [0.29, 0.717) is 35.4 Å². The van der Waals surface area contributed by atoms with E-state index in [0.717, 1.165) is 6.42 Å². The second-order valence-corrected chi connectivity index (χ2v) is 9.73. The van der Waals surface area contributed by atoms with Gasteiger partial charge in [0.05, 0.1) is 6.33 Å². The van der Waals surface area contributed by atoms with E-state index in [2.05, 4.69) is 20.3 Å². The van der Waals surface area contributed by atoms with Crippen LogP contribution in [-0.4, -0.2) is 55.8 Å². The largest absolute Gasteiger partial charge is 0.365 e. The standard InChI is InChI=1S/C25H27F2N5O3/c1-25(2)34-20-18(10-7-14-5-3-4-6-17(14)27)33-24(21(20)35-25)32-13-30-19-22(28-12-29-23(19)32)31-16-9-8-15(26)11-16/h3-7,10,12-13,15-16,18,20-21,24H,8-9,11H2,1-2H3,(H,28,29,31)/t15?,16?,18-,20-,21+,24-/m1/s1. The highest BCUT2D eigenvalue weighted by atomic mass is 19.1. The molecule has 2 aromatic heterocycles. The first-order valence-electron chi connectivity index (χ1n) is 11.9. The van der Waals surface area contributed by atoms with Crippen LogP contribution in [0.2, 0.25) is 0 Å². The van der Waals surface area contributed by atoms with Crippen LogP contribution in [0.3, 0.4) is 0 Å². The SMILES string of the molecule is CC1(C)O[C@H]2[C@H](O1)[C@@H](C=Cc1ccccc1F)O[C@H]2n1cnc2c(NC3CCC(F)C3)ncnc21. The molecular formula is C25H27F2N5O3. The van der Waals surface area contributed by atoms with Gasteiger partial charge in [0, 0.05) is 11.6 Å². The van der Waals surface area contributed by atoms with Gasteiger partial charge in [-0.05, 0) is 39.2 Å². The van der Waals surface area contributed by atoms with Crippen LogP contribution >= 0.6 is 0 Å². The highest BCUT2D eigenvalue weighted by Gasteiger charge is 2.55. The summed E-state index contributed by atoms with van der Waals surface area (Å²) in [5.74, 6) is -0.537. The van der Waals surface area contributed by atoms with E-state index in [9.17, 15) is 8.78 Å². The molecule has 1 N–H and O–H groups in total. The summed E-state index contributed by atoms with van der Waals surface area (Å²) in [6.45, 7) is 3.71. The van der Waals surface area contributed by atoms with Gasteiger partial charge in [-0.1, -0.05) is 30.4 Å². The number of nitrogens with one attached hydrogen (secondary N) is 1. The Morgan fingerprint density at radius 3 is 2.74 bits per heavy atom. The zero-order valence-electron chi connectivity index (χ0n) is 19.5. The number of rotatable bonds is 5. The number of alkyl halides is 1. The summed E-state index contributed by atoms with van der Waals surface area (Å²) in [5.41, 5.74) is 1.62. The first-order chi connectivity index (χ1) is 16.9. The molecule has 1 aliphatic carbocycles. The number of halogens is 2. The molecule has 6 rings (SSSR count). The van der Waals surface area contributed by atoms with E-state index in [4.69, 9.17) is 14.2 Å². The number of benzene rings is 1. The quantitative estimate of drug-likeness (QED) is 0.576. The van der Waals surface area contributed by atoms with Crippen LogP contribution < -0.4 is 5.32 Å². The van der Waals surface area contributed by atoms with E-state index >= 15 is 0 Å². The Balaban J connectivity index is 1.30. The van der Waals surface area contributed by atoms with Gasteiger partial charge >= 0.3 is 0 Å². The number of nitrogens with zero attached hydrogens (tertiary/aromatic N) is 4. The van der Waals surface area contributed by atoms with Gasteiger partial charge in [0.15, 0.2) is 29.0 Å². The van der Waals surface area contributed by atoms with Gasteiger partial charge < -0.3 is 19.5 Å². The Hall–Kier alpha value is -2.95. The highest BCUT2D eigenvalue weighted by Crippen LogP contribution is 2.44. The minimum Gasteiger partial charge on any atom is -0.365 e. The van der Waals surface area contributed by atoms with E-state index in [1.807, 2.05) is 18.4 Å². The lowest BCUT2D eigenvalue weighted by Crippen LogP contribution is -2.28. The lowest BCUT2D eigenvalue weighted by molar-refractivity contribution is -0.191. The Morgan fingerprint density at radius 2 is 1.94 bits per heavy atom. The fourth-order valence-electron chi connectivity index (χ4n) is 5.19. The van der Waals surface area contributed by atoms with Crippen molar-refractivity contribution in [2.24, 2.45) is 0 Å². The summed E-state index contributed by atoms with van der Waals surface area (Å²) in [6.07, 6.45) is 5.73. The molecule has 184 valence electrons. The third-order valence-corrected chi connectivity index (χ3v) is 6.78. The second kappa shape index (κ2) is 8.61. The molecular weight excluding hydrogens is 456 g/mol. The van der Waals surface area contributed by atoms with Crippen molar-refractivity contribution in [2.45, 2.75) is 75.7 Å². The van der Waals surface area contributed by atoms with Crippen LogP contribution in [0.15, 0.2) is 43.0 Å². The maximum absolute atomic E-state index is 14.1. The molecule has 0 radical (unpaired) electrons. The Morgan fingerprint density at radius 1 is 1.11 bits per heavy atom. The molecule has 2 saturated heterocycles. The Bertz CT molecular complexity index is 1260. The average molecular weight is 484 g/mol. The molecule has 1 saturated carbocycles. The van der Waals surface area contributed by atoms with Crippen molar-refractivity contribution < 1.29 is 23.0 Å². The summed E-state index contributed by atoms with van der Waals surface area (Å²) in [7, 11) is 0. The van der Waals surface area contributed by atoms with Gasteiger partial charge in [-0.3, -0.25) is 4.57 Å². The van der Waals surface area contributed by atoms with Crippen molar-refractivity contribution in [1.82, 2.24) is 19.5 Å². The molecule has 0 spiro atoms. The number of hydrogen-bond donors (Lipinski definition) is 1. The maximum atomic E-state index is 14.1. The number of anilines is 1. The summed E-state index contributed by atoms with van der Waals surface area (Å²) in [4.78, 5) is 13.3. The minimum atomic E-state index is -0.801. The molecule has 4 heterocycles. The van der Waals surface area contributed by atoms with Gasteiger partial charge in [0.2, 0.25) is 0 Å². The number of aromatic nitrogens is 4. The lowest BCUT2D eigenvalue weighted by atomic mass is 10.1. The van der Waals surface area contributed by atoms with Gasteiger partial charge in [-0.2, -0.15) is 0 Å². The van der Waals surface area contributed by atoms with Crippen LogP contribution in [0.5, 0.6) is 0 Å². The number of imidazole rings is 1. The van der Waals surface area contributed by atoms with E-state index in [1.165, 1.54) is 12.4 Å². The number of ether oxygens (including phenoxy) is 3. The van der Waals surface area contributed by atoms with E-state index in [1.54, 1.807) is 36.7 Å². The molecule has 6 atom stereocenters.